The van der Waals surface area contributed by atoms with Crippen molar-refractivity contribution in [1.29, 1.82) is 0 Å². The molecule has 3 N–H and O–H groups in total. The molecule has 3 aliphatic heterocycles. The Hall–Kier alpha value is -2.74. The summed E-state index contributed by atoms with van der Waals surface area (Å²) in [4.78, 5) is 33.7. The number of nitrogens with zero attached hydrogens (tertiary/aromatic N) is 3. The lowest BCUT2D eigenvalue weighted by Gasteiger charge is -2.40. The van der Waals surface area contributed by atoms with Gasteiger partial charge in [0.1, 0.15) is 17.7 Å². The number of aromatic nitrogens is 1. The van der Waals surface area contributed by atoms with Crippen molar-refractivity contribution in [3.05, 3.63) is 47.0 Å². The fraction of sp³-hybridized carbons (Fsp3) is 0.421. The van der Waals surface area contributed by atoms with Crippen LogP contribution >= 0.6 is 11.6 Å². The van der Waals surface area contributed by atoms with Gasteiger partial charge in [0.2, 0.25) is 5.91 Å². The first kappa shape index (κ1) is 17.4. The lowest BCUT2D eigenvalue weighted by Crippen LogP contribution is -2.56. The third-order valence-electron chi connectivity index (χ3n) is 5.48. The Bertz CT molecular complexity index is 879. The van der Waals surface area contributed by atoms with Crippen LogP contribution in [0, 0.1) is 0 Å². The van der Waals surface area contributed by atoms with Crippen molar-refractivity contribution in [2.24, 2.45) is 0 Å². The van der Waals surface area contributed by atoms with Crippen LogP contribution in [-0.4, -0.2) is 57.9 Å². The molecule has 0 radical (unpaired) electrons. The zero-order valence-electron chi connectivity index (χ0n) is 15.2. The minimum absolute atomic E-state index is 0.0530. The Morgan fingerprint density at radius 3 is 2.86 bits per heavy atom. The summed E-state index contributed by atoms with van der Waals surface area (Å²) in [7, 11) is 0. The Morgan fingerprint density at radius 1 is 1.25 bits per heavy atom. The zero-order chi connectivity index (χ0) is 19.3. The quantitative estimate of drug-likeness (QED) is 0.717. The number of fused-ring (bicyclic) bond motifs is 3. The predicted octanol–water partition coefficient (Wildman–Crippen LogP) is 1.63. The van der Waals surface area contributed by atoms with E-state index in [0.717, 1.165) is 38.0 Å². The number of hydrogen-bond acceptors (Lipinski definition) is 5. The van der Waals surface area contributed by atoms with Gasteiger partial charge in [-0.25, -0.2) is 9.78 Å². The summed E-state index contributed by atoms with van der Waals surface area (Å²) in [5.74, 6) is 1.06. The molecule has 1 aromatic heterocycles. The summed E-state index contributed by atoms with van der Waals surface area (Å²) in [6, 6.07) is 2.94. The molecule has 1 aromatic rings. The molecule has 1 aliphatic carbocycles. The van der Waals surface area contributed by atoms with Crippen LogP contribution in [0.3, 0.4) is 0 Å². The first-order chi connectivity index (χ1) is 13.6. The van der Waals surface area contributed by atoms with E-state index < -0.39 is 6.04 Å². The van der Waals surface area contributed by atoms with Crippen LogP contribution < -0.4 is 16.0 Å². The van der Waals surface area contributed by atoms with Crippen molar-refractivity contribution in [3.8, 4) is 0 Å². The Labute approximate surface area is 167 Å². The molecule has 2 atom stereocenters. The molecule has 8 nitrogen and oxygen atoms in total. The van der Waals surface area contributed by atoms with E-state index in [2.05, 4.69) is 25.8 Å². The van der Waals surface area contributed by atoms with E-state index in [9.17, 15) is 9.59 Å². The van der Waals surface area contributed by atoms with Gasteiger partial charge in [-0.15, -0.1) is 0 Å². The highest BCUT2D eigenvalue weighted by Crippen LogP contribution is 2.33. The maximum Gasteiger partial charge on any atom is 0.328 e. The predicted molar refractivity (Wildman–Crippen MR) is 104 cm³/mol. The standard InChI is InChI=1S/C19H21ClN6O2/c20-11-1-6-16(21-9-11)24-19(28)26-13-7-8-25(10-13)15-5-4-14(23-17(15)26)18(27)22-12-2-3-12/h1,4-6,9,12-14,23H,2-3,7-8,10H2,(H,22,27)(H,21,24,28)/t13-,14?/m0/s1. The van der Waals surface area contributed by atoms with E-state index in [0.29, 0.717) is 22.7 Å². The van der Waals surface area contributed by atoms with Gasteiger partial charge in [-0.2, -0.15) is 0 Å². The molecule has 4 aliphatic rings. The first-order valence-electron chi connectivity index (χ1n) is 9.54. The molecule has 146 valence electrons. The molecular formula is C19H21ClN6O2. The van der Waals surface area contributed by atoms with Gasteiger partial charge in [0, 0.05) is 25.3 Å². The fourth-order valence-corrected chi connectivity index (χ4v) is 4.01. The van der Waals surface area contributed by atoms with E-state index in [1.165, 1.54) is 6.20 Å². The molecule has 1 saturated heterocycles. The highest BCUT2D eigenvalue weighted by Gasteiger charge is 2.42. The van der Waals surface area contributed by atoms with Crippen LogP contribution in [0.1, 0.15) is 19.3 Å². The highest BCUT2D eigenvalue weighted by atomic mass is 35.5. The molecule has 2 fully saturated rings. The number of pyridine rings is 1. The van der Waals surface area contributed by atoms with Crippen LogP contribution in [0.4, 0.5) is 10.6 Å². The summed E-state index contributed by atoms with van der Waals surface area (Å²) < 4.78 is 0. The lowest BCUT2D eigenvalue weighted by molar-refractivity contribution is -0.122. The fourth-order valence-electron chi connectivity index (χ4n) is 3.90. The Kier molecular flexibility index (Phi) is 4.16. The smallest absolute Gasteiger partial charge is 0.328 e. The molecule has 1 saturated carbocycles. The molecule has 2 bridgehead atoms. The number of rotatable bonds is 3. The van der Waals surface area contributed by atoms with Crippen molar-refractivity contribution in [3.63, 3.8) is 0 Å². The van der Waals surface area contributed by atoms with Gasteiger partial charge < -0.3 is 15.5 Å². The summed E-state index contributed by atoms with van der Waals surface area (Å²) in [5.41, 5.74) is 0.948. The minimum atomic E-state index is -0.484. The van der Waals surface area contributed by atoms with Crippen molar-refractivity contribution in [2.45, 2.75) is 37.4 Å². The molecule has 4 heterocycles. The number of allylic oxidation sites excluding steroid dienone is 1. The number of carbonyl (C=O) groups excluding carboxylic acids is 2. The molecule has 9 heteroatoms. The number of nitrogens with one attached hydrogen (secondary N) is 3. The second-order valence-electron chi connectivity index (χ2n) is 7.55. The van der Waals surface area contributed by atoms with E-state index >= 15 is 0 Å². The van der Waals surface area contributed by atoms with E-state index in [1.54, 1.807) is 17.0 Å². The molecule has 0 spiro atoms. The summed E-state index contributed by atoms with van der Waals surface area (Å²) in [5, 5.41) is 9.64. The molecular weight excluding hydrogens is 380 g/mol. The van der Waals surface area contributed by atoms with E-state index in [4.69, 9.17) is 11.6 Å². The zero-order valence-corrected chi connectivity index (χ0v) is 15.9. The van der Waals surface area contributed by atoms with Gasteiger partial charge in [0.25, 0.3) is 0 Å². The second kappa shape index (κ2) is 6.70. The molecule has 3 amide bonds. The molecule has 5 rings (SSSR count). The Balaban J connectivity index is 1.38. The van der Waals surface area contributed by atoms with E-state index in [-0.39, 0.29) is 18.0 Å². The SMILES string of the molecule is O=C(NC1CC1)C1C=CC2=C(N1)N(C(=O)Nc1ccc(Cl)cn1)[C@H]1CCN2C1. The van der Waals surface area contributed by atoms with Crippen LogP contribution in [0.5, 0.6) is 0 Å². The maximum absolute atomic E-state index is 13.1. The largest absolute Gasteiger partial charge is 0.366 e. The highest BCUT2D eigenvalue weighted by molar-refractivity contribution is 6.30. The van der Waals surface area contributed by atoms with Crippen molar-refractivity contribution >= 4 is 29.4 Å². The average molecular weight is 401 g/mol. The van der Waals surface area contributed by atoms with Gasteiger partial charge in [-0.1, -0.05) is 17.7 Å². The van der Waals surface area contributed by atoms with Crippen LogP contribution in [0.2, 0.25) is 5.02 Å². The minimum Gasteiger partial charge on any atom is -0.366 e. The summed E-state index contributed by atoms with van der Waals surface area (Å²) in [6.07, 6.45) is 8.26. The number of hydrogen-bond donors (Lipinski definition) is 3. The monoisotopic (exact) mass is 400 g/mol. The second-order valence-corrected chi connectivity index (χ2v) is 7.98. The number of urea groups is 1. The van der Waals surface area contributed by atoms with Gasteiger partial charge >= 0.3 is 6.03 Å². The van der Waals surface area contributed by atoms with Gasteiger partial charge in [0.15, 0.2) is 0 Å². The average Bonchev–Trinajstić information content (AvgIpc) is 3.41. The van der Waals surface area contributed by atoms with E-state index in [1.807, 2.05) is 12.2 Å². The number of amides is 3. The molecule has 0 aromatic carbocycles. The van der Waals surface area contributed by atoms with Crippen molar-refractivity contribution in [1.82, 2.24) is 25.4 Å². The number of dihydropyridines is 1. The van der Waals surface area contributed by atoms with Crippen molar-refractivity contribution < 1.29 is 9.59 Å². The number of carbonyl (C=O) groups is 2. The molecule has 28 heavy (non-hydrogen) atoms. The summed E-state index contributed by atoms with van der Waals surface area (Å²) >= 11 is 5.87. The van der Waals surface area contributed by atoms with Crippen LogP contribution in [0.15, 0.2) is 42.0 Å². The maximum atomic E-state index is 13.1. The first-order valence-corrected chi connectivity index (χ1v) is 9.92. The number of anilines is 1. The Morgan fingerprint density at radius 2 is 2.11 bits per heavy atom. The third-order valence-corrected chi connectivity index (χ3v) is 5.70. The molecule has 1 unspecified atom stereocenters. The topological polar surface area (TPSA) is 89.6 Å². The van der Waals surface area contributed by atoms with Crippen molar-refractivity contribution in [2.75, 3.05) is 18.4 Å². The lowest BCUT2D eigenvalue weighted by atomic mass is 10.1. The summed E-state index contributed by atoms with van der Waals surface area (Å²) in [6.45, 7) is 1.67. The number of halogens is 1. The normalized spacial score (nSPS) is 25.3. The van der Waals surface area contributed by atoms with Crippen LogP contribution in [-0.2, 0) is 4.79 Å². The third kappa shape index (κ3) is 3.17. The van der Waals surface area contributed by atoms with Gasteiger partial charge in [-0.05, 0) is 37.5 Å². The van der Waals surface area contributed by atoms with Crippen LogP contribution in [0.25, 0.3) is 0 Å². The van der Waals surface area contributed by atoms with Gasteiger partial charge in [0.05, 0.1) is 16.8 Å². The van der Waals surface area contributed by atoms with Gasteiger partial charge in [-0.3, -0.25) is 15.0 Å².